The van der Waals surface area contributed by atoms with Gasteiger partial charge in [-0.2, -0.15) is 8.78 Å². The van der Waals surface area contributed by atoms with Crippen LogP contribution in [0, 0.1) is 0 Å². The quantitative estimate of drug-likeness (QED) is 0.722. The molecule has 2 aliphatic heterocycles. The highest BCUT2D eigenvalue weighted by atomic mass is 19.3. The van der Waals surface area contributed by atoms with Gasteiger partial charge < -0.3 is 14.4 Å². The zero-order valence-electron chi connectivity index (χ0n) is 8.50. The number of nitrogens with zero attached hydrogens (tertiary/aromatic N) is 1. The van der Waals surface area contributed by atoms with Crippen LogP contribution in [-0.2, 0) is 14.3 Å². The highest BCUT2D eigenvalue weighted by Gasteiger charge is 2.48. The lowest BCUT2D eigenvalue weighted by molar-refractivity contribution is -0.202. The molecule has 0 aromatic carbocycles. The summed E-state index contributed by atoms with van der Waals surface area (Å²) in [5, 5.41) is 0. The van der Waals surface area contributed by atoms with Crippen molar-refractivity contribution in [1.82, 2.24) is 4.90 Å². The molecule has 16 heavy (non-hydrogen) atoms. The molecule has 92 valence electrons. The summed E-state index contributed by atoms with van der Waals surface area (Å²) in [5.41, 5.74) is -1.98. The monoisotopic (exact) mass is 239 g/mol. The lowest BCUT2D eigenvalue weighted by Crippen LogP contribution is -2.60. The number of hydrogen-bond donors (Lipinski definition) is 0. The fraction of sp³-hybridized carbons (Fsp3) is 0.889. The van der Waals surface area contributed by atoms with Crippen molar-refractivity contribution in [2.24, 2.45) is 0 Å². The normalized spacial score (nSPS) is 30.9. The van der Waals surface area contributed by atoms with Crippen molar-refractivity contribution < 1.29 is 27.4 Å². The van der Waals surface area contributed by atoms with Gasteiger partial charge in [0, 0.05) is 19.5 Å². The third-order valence-electron chi connectivity index (χ3n) is 2.79. The molecule has 0 spiro atoms. The lowest BCUT2D eigenvalue weighted by atomic mass is 10.0. The van der Waals surface area contributed by atoms with Crippen molar-refractivity contribution in [3.63, 3.8) is 0 Å². The molecule has 0 aromatic heterocycles. The summed E-state index contributed by atoms with van der Waals surface area (Å²) < 4.78 is 46.4. The van der Waals surface area contributed by atoms with Crippen molar-refractivity contribution in [2.45, 2.75) is 24.8 Å². The van der Waals surface area contributed by atoms with E-state index in [4.69, 9.17) is 4.74 Å². The third kappa shape index (κ3) is 2.15. The van der Waals surface area contributed by atoms with Crippen LogP contribution < -0.4 is 0 Å². The van der Waals surface area contributed by atoms with Crippen LogP contribution in [0.3, 0.4) is 0 Å². The molecule has 0 N–H and O–H groups in total. The Balaban J connectivity index is 1.81. The predicted molar refractivity (Wildman–Crippen MR) is 46.7 cm³/mol. The molecule has 1 amide bonds. The molecule has 2 fully saturated rings. The first-order valence-electron chi connectivity index (χ1n) is 5.01. The Morgan fingerprint density at radius 1 is 1.50 bits per heavy atom. The summed E-state index contributed by atoms with van der Waals surface area (Å²) >= 11 is 0. The van der Waals surface area contributed by atoms with Crippen LogP contribution >= 0.6 is 0 Å². The number of halogens is 3. The summed E-state index contributed by atoms with van der Waals surface area (Å²) in [6, 6.07) is 0. The van der Waals surface area contributed by atoms with Gasteiger partial charge in [0.25, 0.3) is 5.91 Å². The van der Waals surface area contributed by atoms with Gasteiger partial charge in [0.1, 0.15) is 0 Å². The molecule has 0 aromatic rings. The largest absolute Gasteiger partial charge is 0.377 e. The van der Waals surface area contributed by atoms with Crippen LogP contribution in [0.1, 0.15) is 6.42 Å². The Labute approximate surface area is 90.3 Å². The Hall–Kier alpha value is -0.820. The third-order valence-corrected chi connectivity index (χ3v) is 2.79. The molecule has 1 unspecified atom stereocenters. The summed E-state index contributed by atoms with van der Waals surface area (Å²) in [7, 11) is 0. The first-order chi connectivity index (χ1) is 7.51. The maximum atomic E-state index is 13.9. The smallest absolute Gasteiger partial charge is 0.345 e. The predicted octanol–water partition coefficient (Wildman–Crippen LogP) is 0.565. The van der Waals surface area contributed by atoms with Gasteiger partial charge in [-0.25, -0.2) is 4.39 Å². The van der Waals surface area contributed by atoms with Gasteiger partial charge in [-0.15, -0.1) is 0 Å². The van der Waals surface area contributed by atoms with E-state index in [9.17, 15) is 18.0 Å². The molecule has 0 bridgehead atoms. The van der Waals surface area contributed by atoms with E-state index in [1.165, 1.54) is 4.90 Å². The average Bonchev–Trinajstić information content (AvgIpc) is 2.58. The number of carbonyl (C=O) groups is 1. The fourth-order valence-corrected chi connectivity index (χ4v) is 1.83. The second-order valence-electron chi connectivity index (χ2n) is 4.00. The molecular weight excluding hydrogens is 227 g/mol. The Bertz CT molecular complexity index is 275. The van der Waals surface area contributed by atoms with E-state index in [2.05, 4.69) is 4.74 Å². The topological polar surface area (TPSA) is 38.8 Å². The second kappa shape index (κ2) is 4.21. The number of rotatable bonds is 3. The number of likely N-dealkylation sites (tertiary alicyclic amines) is 1. The Kier molecular flexibility index (Phi) is 3.07. The van der Waals surface area contributed by atoms with Crippen LogP contribution in [0.4, 0.5) is 13.2 Å². The molecule has 1 atom stereocenters. The van der Waals surface area contributed by atoms with Gasteiger partial charge in [-0.1, -0.05) is 0 Å². The molecule has 0 saturated carbocycles. The number of amides is 1. The van der Waals surface area contributed by atoms with Gasteiger partial charge in [0.05, 0.1) is 19.3 Å². The van der Waals surface area contributed by atoms with Gasteiger partial charge in [-0.3, -0.25) is 4.79 Å². The summed E-state index contributed by atoms with van der Waals surface area (Å²) in [6.07, 6.45) is -0.655. The second-order valence-corrected chi connectivity index (χ2v) is 4.00. The fourth-order valence-electron chi connectivity index (χ4n) is 1.83. The van der Waals surface area contributed by atoms with E-state index in [1.54, 1.807) is 0 Å². The number of alkyl halides is 3. The van der Waals surface area contributed by atoms with E-state index in [0.29, 0.717) is 0 Å². The average molecular weight is 239 g/mol. The highest BCUT2D eigenvalue weighted by molar-refractivity contribution is 5.86. The standard InChI is InChI=1S/C9H12F3NO3/c10-8(11)16-6-3-13(4-6)7(14)9(12)1-2-15-5-9/h6,8H,1-5H2. The van der Waals surface area contributed by atoms with Crippen LogP contribution in [-0.4, -0.2) is 55.5 Å². The molecule has 2 heterocycles. The van der Waals surface area contributed by atoms with Crippen molar-refractivity contribution in [3.05, 3.63) is 0 Å². The maximum Gasteiger partial charge on any atom is 0.345 e. The molecule has 2 saturated heterocycles. The van der Waals surface area contributed by atoms with E-state index >= 15 is 0 Å². The Morgan fingerprint density at radius 3 is 2.69 bits per heavy atom. The van der Waals surface area contributed by atoms with E-state index in [1.807, 2.05) is 0 Å². The van der Waals surface area contributed by atoms with Crippen LogP contribution in [0.5, 0.6) is 0 Å². The minimum Gasteiger partial charge on any atom is -0.377 e. The van der Waals surface area contributed by atoms with E-state index in [0.717, 1.165) is 0 Å². The first kappa shape index (κ1) is 11.7. The maximum absolute atomic E-state index is 13.9. The minimum atomic E-state index is -2.85. The van der Waals surface area contributed by atoms with Gasteiger partial charge in [0.15, 0.2) is 0 Å². The van der Waals surface area contributed by atoms with Crippen molar-refractivity contribution in [3.8, 4) is 0 Å². The van der Waals surface area contributed by atoms with Gasteiger partial charge in [0.2, 0.25) is 5.67 Å². The minimum absolute atomic E-state index is 0.0227. The summed E-state index contributed by atoms with van der Waals surface area (Å²) in [6.45, 7) is -2.84. The number of carbonyl (C=O) groups excluding carboxylic acids is 1. The summed E-state index contributed by atoms with van der Waals surface area (Å²) in [4.78, 5) is 12.8. The number of ether oxygens (including phenoxy) is 2. The Morgan fingerprint density at radius 2 is 2.19 bits per heavy atom. The SMILES string of the molecule is O=C(N1CC(OC(F)F)C1)C1(F)CCOC1. The van der Waals surface area contributed by atoms with E-state index in [-0.39, 0.29) is 32.7 Å². The molecule has 7 heteroatoms. The molecule has 2 rings (SSSR count). The van der Waals surface area contributed by atoms with Gasteiger partial charge >= 0.3 is 6.61 Å². The first-order valence-corrected chi connectivity index (χ1v) is 5.01. The summed E-state index contributed by atoms with van der Waals surface area (Å²) in [5.74, 6) is -0.681. The van der Waals surface area contributed by atoms with Gasteiger partial charge in [-0.05, 0) is 0 Å². The van der Waals surface area contributed by atoms with E-state index < -0.39 is 24.3 Å². The van der Waals surface area contributed by atoms with Crippen LogP contribution in [0.15, 0.2) is 0 Å². The van der Waals surface area contributed by atoms with Crippen LogP contribution in [0.2, 0.25) is 0 Å². The number of hydrogen-bond acceptors (Lipinski definition) is 3. The van der Waals surface area contributed by atoms with Crippen LogP contribution in [0.25, 0.3) is 0 Å². The molecule has 0 aliphatic carbocycles. The van der Waals surface area contributed by atoms with Crippen molar-refractivity contribution in [1.29, 1.82) is 0 Å². The molecular formula is C9H12F3NO3. The lowest BCUT2D eigenvalue weighted by Gasteiger charge is -2.40. The van der Waals surface area contributed by atoms with Crippen molar-refractivity contribution in [2.75, 3.05) is 26.3 Å². The zero-order valence-corrected chi connectivity index (χ0v) is 8.50. The highest BCUT2D eigenvalue weighted by Crippen LogP contribution is 2.28. The molecule has 0 radical (unpaired) electrons. The van der Waals surface area contributed by atoms with Crippen molar-refractivity contribution >= 4 is 5.91 Å². The zero-order chi connectivity index (χ0) is 11.8. The molecule has 4 nitrogen and oxygen atoms in total. The molecule has 2 aliphatic rings.